The van der Waals surface area contributed by atoms with Crippen molar-refractivity contribution in [2.75, 3.05) is 26.4 Å². The molecule has 0 aromatic rings. The van der Waals surface area contributed by atoms with E-state index < -0.39 is 32.5 Å². The number of unbranched alkanes of at least 4 members (excludes halogenated alkanes) is 22. The summed E-state index contributed by atoms with van der Waals surface area (Å²) in [7, 11) is -4.58. The Morgan fingerprint density at radius 3 is 1.39 bits per heavy atom. The summed E-state index contributed by atoms with van der Waals surface area (Å²) in [4.78, 5) is 36.9. The fourth-order valence-corrected chi connectivity index (χ4v) is 6.46. The first-order chi connectivity index (χ1) is 24.8. The monoisotopic (exact) mass is 744 g/mol. The van der Waals surface area contributed by atoms with Crippen LogP contribution in [0.2, 0.25) is 0 Å². The second-order valence-electron chi connectivity index (χ2n) is 13.9. The molecule has 0 heterocycles. The second-order valence-corrected chi connectivity index (χ2v) is 15.3. The van der Waals surface area contributed by atoms with Crippen LogP contribution in [0.3, 0.4) is 0 Å². The summed E-state index contributed by atoms with van der Waals surface area (Å²) in [6.45, 7) is 3.91. The summed E-state index contributed by atoms with van der Waals surface area (Å²) in [5.41, 5.74) is 3.55. The molecule has 0 aliphatic carbocycles. The standard InChI is InChI=1S/C41H78NO8P/c1-3-5-7-9-11-13-15-17-19-21-23-25-27-29-31-33-40(43)47-37-39(38-49-51(45,46)48-36-35-42)50-41(44)34-32-30-28-26-24-22-20-18-16-14-12-10-8-6-4-2/h17-20,39H,3-16,21-38,42H2,1-2H3,(H,45,46)/b19-17-,20-18-/t39-/m0/s1. The Labute approximate surface area is 312 Å². The zero-order valence-electron chi connectivity index (χ0n) is 32.9. The van der Waals surface area contributed by atoms with Crippen LogP contribution in [0.4, 0.5) is 0 Å². The van der Waals surface area contributed by atoms with Gasteiger partial charge in [-0.1, -0.05) is 141 Å². The van der Waals surface area contributed by atoms with Crippen molar-refractivity contribution in [3.8, 4) is 0 Å². The molecule has 0 saturated carbocycles. The first kappa shape index (κ1) is 49.5. The molecule has 0 amide bonds. The van der Waals surface area contributed by atoms with Gasteiger partial charge in [-0.2, -0.15) is 0 Å². The van der Waals surface area contributed by atoms with Crippen LogP contribution in [0.5, 0.6) is 0 Å². The summed E-state index contributed by atoms with van der Waals surface area (Å²) in [6.07, 6.45) is 39.1. The topological polar surface area (TPSA) is 139 Å². The molecule has 0 aromatic heterocycles. The predicted octanol–water partition coefficient (Wildman–Crippen LogP) is 10.3. The van der Waals surface area contributed by atoms with Gasteiger partial charge in [0.1, 0.15) is 13.2 Å². The maximum atomic E-state index is 12.5. The number of carbonyl (C=O) groups is 2. The van der Waals surface area contributed by atoms with Gasteiger partial charge in [-0.05, 0) is 64.2 Å². The van der Waals surface area contributed by atoms with Crippen LogP contribution in [0, 0.1) is 0 Å². The van der Waals surface area contributed by atoms with Gasteiger partial charge in [0.15, 0.2) is 6.10 Å². The maximum Gasteiger partial charge on any atom is 0.306 e. The van der Waals surface area contributed by atoms with Crippen molar-refractivity contribution in [2.45, 2.75) is 200 Å². The SMILES string of the molecule is CCCCCCCC/C=C\CCCCCCCC(=O)OC[C@@H](COP(=O)([O-])OCC[NH3+])OC(=O)CCCCCCC/C=C\CCCCCCCC. The molecule has 1 unspecified atom stereocenters. The highest BCUT2D eigenvalue weighted by Crippen LogP contribution is 2.38. The number of rotatable bonds is 39. The average molecular weight is 744 g/mol. The van der Waals surface area contributed by atoms with E-state index in [1.54, 1.807) is 0 Å². The molecule has 51 heavy (non-hydrogen) atoms. The van der Waals surface area contributed by atoms with Crippen LogP contribution < -0.4 is 10.6 Å². The van der Waals surface area contributed by atoms with Gasteiger partial charge in [-0.15, -0.1) is 0 Å². The fraction of sp³-hybridized carbons (Fsp3) is 0.854. The summed E-state index contributed by atoms with van der Waals surface area (Å²) < 4.78 is 32.5. The van der Waals surface area contributed by atoms with Gasteiger partial charge < -0.3 is 29.1 Å². The minimum atomic E-state index is -4.58. The Hall–Kier alpha value is -1.51. The lowest BCUT2D eigenvalue weighted by Crippen LogP contribution is -2.52. The molecule has 300 valence electrons. The smallest absolute Gasteiger partial charge is 0.306 e. The van der Waals surface area contributed by atoms with Crippen molar-refractivity contribution < 1.29 is 43.3 Å². The van der Waals surface area contributed by atoms with Crippen LogP contribution in [-0.4, -0.2) is 44.4 Å². The number of esters is 2. The molecule has 10 heteroatoms. The number of ether oxygens (including phenoxy) is 2. The van der Waals surface area contributed by atoms with Crippen molar-refractivity contribution in [3.05, 3.63) is 24.3 Å². The van der Waals surface area contributed by atoms with Gasteiger partial charge in [-0.3, -0.25) is 14.2 Å². The molecule has 9 nitrogen and oxygen atoms in total. The van der Waals surface area contributed by atoms with E-state index >= 15 is 0 Å². The number of phosphoric acid groups is 1. The quantitative estimate of drug-likeness (QED) is 0.0284. The highest BCUT2D eigenvalue weighted by Gasteiger charge is 2.21. The first-order valence-electron chi connectivity index (χ1n) is 20.9. The Morgan fingerprint density at radius 2 is 0.961 bits per heavy atom. The van der Waals surface area contributed by atoms with E-state index in [1.165, 1.54) is 89.9 Å². The highest BCUT2D eigenvalue weighted by molar-refractivity contribution is 7.45. The fourth-order valence-electron chi connectivity index (χ4n) is 5.69. The van der Waals surface area contributed by atoms with Crippen LogP contribution in [0.1, 0.15) is 194 Å². The van der Waals surface area contributed by atoms with Gasteiger partial charge in [0.2, 0.25) is 0 Å². The van der Waals surface area contributed by atoms with E-state index in [-0.39, 0.29) is 32.6 Å². The molecule has 0 fully saturated rings. The van der Waals surface area contributed by atoms with Gasteiger partial charge in [0, 0.05) is 12.8 Å². The number of allylic oxidation sites excluding steroid dienone is 4. The lowest BCUT2D eigenvalue weighted by Gasteiger charge is -2.25. The summed E-state index contributed by atoms with van der Waals surface area (Å²) >= 11 is 0. The van der Waals surface area contributed by atoms with Crippen molar-refractivity contribution in [1.29, 1.82) is 0 Å². The molecular weight excluding hydrogens is 665 g/mol. The normalized spacial score (nSPS) is 13.6. The van der Waals surface area contributed by atoms with Crippen LogP contribution >= 0.6 is 7.82 Å². The Bertz CT molecular complexity index is 897. The number of quaternary nitrogens is 1. The number of carbonyl (C=O) groups excluding carboxylic acids is 2. The van der Waals surface area contributed by atoms with E-state index in [0.29, 0.717) is 6.42 Å². The van der Waals surface area contributed by atoms with E-state index in [2.05, 4.69) is 43.9 Å². The molecule has 3 N–H and O–H groups in total. The van der Waals surface area contributed by atoms with Gasteiger partial charge in [-0.25, -0.2) is 0 Å². The Kier molecular flexibility index (Phi) is 37.1. The van der Waals surface area contributed by atoms with Crippen LogP contribution in [0.25, 0.3) is 0 Å². The minimum Gasteiger partial charge on any atom is -0.756 e. The summed E-state index contributed by atoms with van der Waals surface area (Å²) in [5, 5.41) is 0. The van der Waals surface area contributed by atoms with E-state index in [9.17, 15) is 19.0 Å². The van der Waals surface area contributed by atoms with E-state index in [0.717, 1.165) is 70.6 Å². The lowest BCUT2D eigenvalue weighted by atomic mass is 10.1. The first-order valence-corrected chi connectivity index (χ1v) is 22.3. The number of hydrogen-bond acceptors (Lipinski definition) is 8. The average Bonchev–Trinajstić information content (AvgIpc) is 3.11. The largest absolute Gasteiger partial charge is 0.756 e. The van der Waals surface area contributed by atoms with Gasteiger partial charge in [0.25, 0.3) is 7.82 Å². The molecule has 0 bridgehead atoms. The third-order valence-corrected chi connectivity index (χ3v) is 9.79. The summed E-state index contributed by atoms with van der Waals surface area (Å²) in [5.74, 6) is -0.863. The molecule has 0 aromatic carbocycles. The Balaban J connectivity index is 4.20. The Morgan fingerprint density at radius 1 is 0.569 bits per heavy atom. The molecule has 0 aliphatic heterocycles. The third-order valence-electron chi connectivity index (χ3n) is 8.83. The van der Waals surface area contributed by atoms with Crippen molar-refractivity contribution in [2.24, 2.45) is 0 Å². The third kappa shape index (κ3) is 38.0. The number of hydrogen-bond donors (Lipinski definition) is 1. The van der Waals surface area contributed by atoms with Crippen LogP contribution in [0.15, 0.2) is 24.3 Å². The van der Waals surface area contributed by atoms with Gasteiger partial charge >= 0.3 is 11.9 Å². The van der Waals surface area contributed by atoms with E-state index in [4.69, 9.17) is 18.5 Å². The number of phosphoric ester groups is 1. The van der Waals surface area contributed by atoms with Crippen molar-refractivity contribution >= 4 is 19.8 Å². The molecule has 0 rings (SSSR count). The molecule has 2 atom stereocenters. The minimum absolute atomic E-state index is 0.106. The maximum absolute atomic E-state index is 12.5. The highest BCUT2D eigenvalue weighted by atomic mass is 31.2. The summed E-state index contributed by atoms with van der Waals surface area (Å²) in [6, 6.07) is 0. The van der Waals surface area contributed by atoms with Crippen molar-refractivity contribution in [3.63, 3.8) is 0 Å². The van der Waals surface area contributed by atoms with Gasteiger partial charge in [0.05, 0.1) is 13.2 Å². The molecule has 0 saturated heterocycles. The second kappa shape index (κ2) is 38.2. The van der Waals surface area contributed by atoms with E-state index in [1.807, 2.05) is 0 Å². The predicted molar refractivity (Wildman–Crippen MR) is 207 cm³/mol. The zero-order chi connectivity index (χ0) is 37.5. The lowest BCUT2D eigenvalue weighted by molar-refractivity contribution is -0.373. The molecule has 0 aliphatic rings. The molecule has 0 radical (unpaired) electrons. The molecular formula is C41H78NO8P. The van der Waals surface area contributed by atoms with Crippen LogP contribution in [-0.2, 0) is 32.7 Å². The molecule has 0 spiro atoms. The zero-order valence-corrected chi connectivity index (χ0v) is 33.8. The van der Waals surface area contributed by atoms with Crippen molar-refractivity contribution in [1.82, 2.24) is 0 Å².